The molecule has 2 N–H and O–H groups in total. The highest BCUT2D eigenvalue weighted by atomic mass is 16.5. The van der Waals surface area contributed by atoms with Crippen molar-refractivity contribution in [3.8, 4) is 11.8 Å². The minimum Gasteiger partial charge on any atom is -0.501 e. The Morgan fingerprint density at radius 1 is 1.23 bits per heavy atom. The Bertz CT molecular complexity index is 1650. The number of hydrogen-bond acceptors (Lipinski definition) is 9. The molecule has 0 saturated carbocycles. The number of carbonyl (C=O) groups excluding carboxylic acids is 2. The van der Waals surface area contributed by atoms with Gasteiger partial charge in [0.1, 0.15) is 17.8 Å². The van der Waals surface area contributed by atoms with Crippen LogP contribution in [0.15, 0.2) is 52.4 Å². The molecule has 13 nitrogen and oxygen atoms in total. The first-order valence-electron chi connectivity index (χ1n) is 11.8. The largest absolute Gasteiger partial charge is 0.501 e. The maximum atomic E-state index is 13.0. The number of aromatic hydroxyl groups is 1. The number of carbonyl (C=O) groups is 2. The predicted molar refractivity (Wildman–Crippen MR) is 138 cm³/mol. The van der Waals surface area contributed by atoms with Gasteiger partial charge in [0.15, 0.2) is 5.69 Å². The van der Waals surface area contributed by atoms with E-state index in [9.17, 15) is 24.8 Å². The molecular weight excluding hydrogens is 504 g/mol. The monoisotopic (exact) mass is 530 g/mol. The number of nitriles is 1. The van der Waals surface area contributed by atoms with Crippen LogP contribution < -0.4 is 10.9 Å². The fourth-order valence-corrected chi connectivity index (χ4v) is 4.43. The zero-order chi connectivity index (χ0) is 28.4. The lowest BCUT2D eigenvalue weighted by Gasteiger charge is -2.26. The van der Waals surface area contributed by atoms with Gasteiger partial charge < -0.3 is 19.8 Å². The van der Waals surface area contributed by atoms with Crippen LogP contribution in [0.25, 0.3) is 0 Å². The molecule has 13 heteroatoms. The van der Waals surface area contributed by atoms with Crippen LogP contribution in [0.5, 0.6) is 5.75 Å². The molecule has 2 amide bonds. The molecule has 0 aliphatic rings. The van der Waals surface area contributed by atoms with Crippen molar-refractivity contribution in [3.05, 3.63) is 87.2 Å². The molecule has 0 aliphatic carbocycles. The van der Waals surface area contributed by atoms with E-state index in [-0.39, 0.29) is 23.0 Å². The molecule has 4 aromatic rings. The number of aryl methyl sites for hydroxylation is 1. The van der Waals surface area contributed by atoms with Crippen molar-refractivity contribution in [3.63, 3.8) is 0 Å². The average molecular weight is 531 g/mol. The topological polar surface area (TPSA) is 172 Å². The van der Waals surface area contributed by atoms with Crippen molar-refractivity contribution in [2.75, 3.05) is 19.4 Å². The number of nitrogens with one attached hydrogen (secondary N) is 1. The van der Waals surface area contributed by atoms with Gasteiger partial charge in [-0.25, -0.2) is 4.98 Å². The number of rotatable bonds is 7. The molecule has 3 aromatic heterocycles. The molecule has 0 fully saturated rings. The second-order valence-corrected chi connectivity index (χ2v) is 9.23. The van der Waals surface area contributed by atoms with E-state index in [1.54, 1.807) is 57.3 Å². The van der Waals surface area contributed by atoms with E-state index in [0.29, 0.717) is 16.7 Å². The Morgan fingerprint density at radius 3 is 2.56 bits per heavy atom. The van der Waals surface area contributed by atoms with Gasteiger partial charge in [-0.15, -0.1) is 0 Å². The van der Waals surface area contributed by atoms with Crippen molar-refractivity contribution in [1.82, 2.24) is 29.4 Å². The van der Waals surface area contributed by atoms with Crippen molar-refractivity contribution < 1.29 is 19.2 Å². The molecule has 2 atom stereocenters. The SMILES string of the molecule is CC(c1nc(C(=O)Nc2cnoc2)c(O)c(=O)n1C)C(c1cnn(C)c1)c1ccc(C(=O)N(C)C)cc1C#N. The van der Waals surface area contributed by atoms with Crippen molar-refractivity contribution in [1.29, 1.82) is 5.26 Å². The summed E-state index contributed by atoms with van der Waals surface area (Å²) in [5, 5.41) is 30.8. The summed E-state index contributed by atoms with van der Waals surface area (Å²) in [6, 6.07) is 7.03. The number of nitrogens with zero attached hydrogens (tertiary/aromatic N) is 7. The number of hydrogen-bond donors (Lipinski definition) is 2. The number of benzene rings is 1. The van der Waals surface area contributed by atoms with Gasteiger partial charge in [-0.2, -0.15) is 10.4 Å². The third kappa shape index (κ3) is 5.12. The van der Waals surface area contributed by atoms with Gasteiger partial charge in [0, 0.05) is 51.8 Å². The summed E-state index contributed by atoms with van der Waals surface area (Å²) in [5.41, 5.74) is 0.823. The molecule has 1 aromatic carbocycles. The van der Waals surface area contributed by atoms with Crippen LogP contribution in [0.4, 0.5) is 5.69 Å². The Kier molecular flexibility index (Phi) is 7.30. The molecule has 0 radical (unpaired) electrons. The molecule has 0 saturated heterocycles. The standard InChI is InChI=1S/C26H26N8O5/c1-14(23-31-21(22(35)26(38)34(23)5)24(36)30-18-11-29-39-13-18)20(17-10-28-33(4)12-17)19-7-6-15(8-16(19)9-27)25(37)32(2)3/h6-8,10-14,20,35H,1-5H3,(H,30,36). The highest BCUT2D eigenvalue weighted by molar-refractivity contribution is 6.04. The fraction of sp³-hybridized carbons (Fsp3) is 0.269. The second kappa shape index (κ2) is 10.6. The van der Waals surface area contributed by atoms with Crippen LogP contribution in [-0.4, -0.2) is 60.4 Å². The highest BCUT2D eigenvalue weighted by Gasteiger charge is 2.32. The highest BCUT2D eigenvalue weighted by Crippen LogP contribution is 2.39. The summed E-state index contributed by atoms with van der Waals surface area (Å²) in [6.45, 7) is 1.79. The van der Waals surface area contributed by atoms with Crippen molar-refractivity contribution in [2.24, 2.45) is 14.1 Å². The molecular formula is C26H26N8O5. The molecule has 4 rings (SSSR count). The van der Waals surface area contributed by atoms with Gasteiger partial charge >= 0.3 is 0 Å². The van der Waals surface area contributed by atoms with Crippen LogP contribution in [0.3, 0.4) is 0 Å². The maximum absolute atomic E-state index is 13.0. The van der Waals surface area contributed by atoms with Gasteiger partial charge in [0.25, 0.3) is 17.4 Å². The first-order valence-corrected chi connectivity index (χ1v) is 11.8. The quantitative estimate of drug-likeness (QED) is 0.362. The number of anilines is 1. The van der Waals surface area contributed by atoms with Gasteiger partial charge in [-0.1, -0.05) is 18.1 Å². The van der Waals surface area contributed by atoms with Crippen molar-refractivity contribution >= 4 is 17.5 Å². The summed E-state index contributed by atoms with van der Waals surface area (Å²) < 4.78 is 7.47. The van der Waals surface area contributed by atoms with E-state index in [1.807, 2.05) is 0 Å². The molecule has 0 bridgehead atoms. The normalized spacial score (nSPS) is 12.4. The fourth-order valence-electron chi connectivity index (χ4n) is 4.43. The second-order valence-electron chi connectivity index (χ2n) is 9.23. The van der Waals surface area contributed by atoms with Gasteiger partial charge in [-0.05, 0) is 23.3 Å². The summed E-state index contributed by atoms with van der Waals surface area (Å²) in [6.07, 6.45) is 5.86. The first-order chi connectivity index (χ1) is 18.5. The zero-order valence-corrected chi connectivity index (χ0v) is 21.9. The third-order valence-electron chi connectivity index (χ3n) is 6.36. The Hall–Kier alpha value is -5.25. The average Bonchev–Trinajstić information content (AvgIpc) is 3.58. The van der Waals surface area contributed by atoms with Gasteiger partial charge in [0.2, 0.25) is 5.75 Å². The third-order valence-corrected chi connectivity index (χ3v) is 6.36. The molecule has 200 valence electrons. The molecule has 39 heavy (non-hydrogen) atoms. The first kappa shape index (κ1) is 26.8. The van der Waals surface area contributed by atoms with Crippen molar-refractivity contribution in [2.45, 2.75) is 18.8 Å². The minimum absolute atomic E-state index is 0.180. The minimum atomic E-state index is -0.830. The Morgan fingerprint density at radius 2 is 1.97 bits per heavy atom. The lowest BCUT2D eigenvalue weighted by atomic mass is 9.80. The van der Waals surface area contributed by atoms with Gasteiger partial charge in [-0.3, -0.25) is 23.6 Å². The lowest BCUT2D eigenvalue weighted by Crippen LogP contribution is -2.29. The summed E-state index contributed by atoms with van der Waals surface area (Å²) in [4.78, 5) is 44.2. The van der Waals surface area contributed by atoms with E-state index in [4.69, 9.17) is 4.52 Å². The molecule has 3 heterocycles. The molecule has 2 unspecified atom stereocenters. The summed E-state index contributed by atoms with van der Waals surface area (Å²) >= 11 is 0. The van der Waals surface area contributed by atoms with Crippen LogP contribution in [0.1, 0.15) is 62.1 Å². The van der Waals surface area contributed by atoms with E-state index < -0.39 is 34.7 Å². The van der Waals surface area contributed by atoms with E-state index in [1.165, 1.54) is 30.5 Å². The number of amides is 2. The zero-order valence-electron chi connectivity index (χ0n) is 21.9. The van der Waals surface area contributed by atoms with Gasteiger partial charge in [0.05, 0.1) is 24.0 Å². The molecule has 0 aliphatic heterocycles. The van der Waals surface area contributed by atoms with E-state index in [0.717, 1.165) is 4.57 Å². The van der Waals surface area contributed by atoms with E-state index >= 15 is 0 Å². The summed E-state index contributed by atoms with van der Waals surface area (Å²) in [5.74, 6) is -2.88. The van der Waals surface area contributed by atoms with Crippen LogP contribution in [0, 0.1) is 11.3 Å². The summed E-state index contributed by atoms with van der Waals surface area (Å²) in [7, 11) is 6.43. The number of aromatic nitrogens is 5. The predicted octanol–water partition coefficient (Wildman–Crippen LogP) is 1.97. The lowest BCUT2D eigenvalue weighted by molar-refractivity contribution is 0.0827. The van der Waals surface area contributed by atoms with Crippen LogP contribution >= 0.6 is 0 Å². The maximum Gasteiger partial charge on any atom is 0.296 e. The molecule has 0 spiro atoms. The van der Waals surface area contributed by atoms with E-state index in [2.05, 4.69) is 26.6 Å². The smallest absolute Gasteiger partial charge is 0.296 e. The van der Waals surface area contributed by atoms with Crippen LogP contribution in [0.2, 0.25) is 0 Å². The van der Waals surface area contributed by atoms with Crippen LogP contribution in [-0.2, 0) is 14.1 Å². The Labute approximate surface area is 222 Å². The Balaban J connectivity index is 1.86.